The molecule has 0 amide bonds. The van der Waals surface area contributed by atoms with E-state index in [1.54, 1.807) is 0 Å². The summed E-state index contributed by atoms with van der Waals surface area (Å²) in [5.74, 6) is -0.168. The third-order valence-corrected chi connectivity index (χ3v) is 6.12. The Kier molecular flexibility index (Phi) is 24.9. The molecule has 0 saturated carbocycles. The molecule has 0 bridgehead atoms. The highest BCUT2D eigenvalue weighted by atomic mass is 35.5. The molecule has 0 aliphatic heterocycles. The van der Waals surface area contributed by atoms with Crippen LogP contribution in [0.1, 0.15) is 129 Å². The lowest BCUT2D eigenvalue weighted by atomic mass is 10.0. The molecule has 0 aliphatic carbocycles. The van der Waals surface area contributed by atoms with Crippen molar-refractivity contribution in [1.29, 1.82) is 0 Å². The fourth-order valence-electron chi connectivity index (χ4n) is 3.99. The van der Waals surface area contributed by atoms with Crippen molar-refractivity contribution in [2.45, 2.75) is 129 Å². The second-order valence-electron chi connectivity index (χ2n) is 9.73. The molecule has 0 spiro atoms. The SMILES string of the molecule is CCCCCCCCCCCCCCCCCCCC[N+](C)(C)CCOC(C)=O.[Cl-]. The van der Waals surface area contributed by atoms with E-state index in [4.69, 9.17) is 4.74 Å². The maximum Gasteiger partial charge on any atom is 0.302 e. The topological polar surface area (TPSA) is 26.3 Å². The molecule has 182 valence electrons. The molecular weight excluding hydrogens is 394 g/mol. The minimum Gasteiger partial charge on any atom is -1.00 e. The molecule has 0 fully saturated rings. The first-order chi connectivity index (χ1) is 14.0. The lowest BCUT2D eigenvalue weighted by Crippen LogP contribution is -3.00. The van der Waals surface area contributed by atoms with Crippen molar-refractivity contribution in [1.82, 2.24) is 0 Å². The monoisotopic (exact) mass is 447 g/mol. The summed E-state index contributed by atoms with van der Waals surface area (Å²) in [6, 6.07) is 0. The number of halogens is 1. The molecule has 0 atom stereocenters. The number of likely N-dealkylation sites (N-methyl/N-ethyl adjacent to an activating group) is 1. The van der Waals surface area contributed by atoms with Gasteiger partial charge >= 0.3 is 5.97 Å². The van der Waals surface area contributed by atoms with Crippen molar-refractivity contribution in [2.24, 2.45) is 0 Å². The second kappa shape index (κ2) is 23.4. The van der Waals surface area contributed by atoms with Crippen LogP contribution in [0.2, 0.25) is 0 Å². The fraction of sp³-hybridized carbons (Fsp3) is 0.962. The van der Waals surface area contributed by atoms with Gasteiger partial charge in [-0.1, -0.05) is 110 Å². The highest BCUT2D eigenvalue weighted by Crippen LogP contribution is 2.14. The number of unbranched alkanes of at least 4 members (excludes halogenated alkanes) is 17. The van der Waals surface area contributed by atoms with Crippen LogP contribution < -0.4 is 12.4 Å². The van der Waals surface area contributed by atoms with Gasteiger partial charge in [-0.3, -0.25) is 4.79 Å². The maximum absolute atomic E-state index is 10.8. The van der Waals surface area contributed by atoms with Crippen molar-refractivity contribution in [3.63, 3.8) is 0 Å². The second-order valence-corrected chi connectivity index (χ2v) is 9.73. The Morgan fingerprint density at radius 1 is 0.600 bits per heavy atom. The number of quaternary nitrogens is 1. The number of nitrogens with zero attached hydrogens (tertiary/aromatic N) is 1. The zero-order valence-electron chi connectivity index (χ0n) is 21.0. The van der Waals surface area contributed by atoms with Gasteiger partial charge in [-0.25, -0.2) is 0 Å². The molecule has 0 aliphatic rings. The summed E-state index contributed by atoms with van der Waals surface area (Å²) in [6.45, 7) is 6.41. The van der Waals surface area contributed by atoms with Crippen molar-refractivity contribution in [3.8, 4) is 0 Å². The number of hydrogen-bond donors (Lipinski definition) is 0. The van der Waals surface area contributed by atoms with Crippen molar-refractivity contribution in [2.75, 3.05) is 33.8 Å². The first kappa shape index (κ1) is 31.9. The molecule has 0 aromatic heterocycles. The van der Waals surface area contributed by atoms with Crippen molar-refractivity contribution < 1.29 is 26.4 Å². The Balaban J connectivity index is 0. The molecule has 0 heterocycles. The van der Waals surface area contributed by atoms with Gasteiger partial charge in [-0.15, -0.1) is 0 Å². The first-order valence-corrected chi connectivity index (χ1v) is 12.9. The van der Waals surface area contributed by atoms with Crippen LogP contribution in [0.3, 0.4) is 0 Å². The minimum absolute atomic E-state index is 0. The molecule has 3 nitrogen and oxygen atoms in total. The molecule has 0 rings (SSSR count). The Morgan fingerprint density at radius 2 is 0.933 bits per heavy atom. The zero-order valence-corrected chi connectivity index (χ0v) is 21.7. The fourth-order valence-corrected chi connectivity index (χ4v) is 3.99. The van der Waals surface area contributed by atoms with E-state index in [1.165, 1.54) is 129 Å². The van der Waals surface area contributed by atoms with E-state index in [1.807, 2.05) is 0 Å². The maximum atomic E-state index is 10.8. The Labute approximate surface area is 195 Å². The van der Waals surface area contributed by atoms with Crippen LogP contribution in [0.25, 0.3) is 0 Å². The van der Waals surface area contributed by atoms with Crippen LogP contribution in [0.15, 0.2) is 0 Å². The average molecular weight is 448 g/mol. The summed E-state index contributed by atoms with van der Waals surface area (Å²) in [7, 11) is 4.47. The predicted octanol–water partition coefficient (Wildman–Crippen LogP) is 4.67. The van der Waals surface area contributed by atoms with Crippen LogP contribution in [0.4, 0.5) is 0 Å². The van der Waals surface area contributed by atoms with E-state index in [2.05, 4.69) is 21.0 Å². The highest BCUT2D eigenvalue weighted by Gasteiger charge is 2.14. The summed E-state index contributed by atoms with van der Waals surface area (Å²) in [4.78, 5) is 10.8. The van der Waals surface area contributed by atoms with Crippen LogP contribution in [-0.4, -0.2) is 44.2 Å². The smallest absolute Gasteiger partial charge is 0.302 e. The number of carbonyl (C=O) groups is 1. The predicted molar refractivity (Wildman–Crippen MR) is 127 cm³/mol. The first-order valence-electron chi connectivity index (χ1n) is 12.9. The van der Waals surface area contributed by atoms with E-state index < -0.39 is 0 Å². The van der Waals surface area contributed by atoms with Gasteiger partial charge < -0.3 is 21.6 Å². The molecule has 0 N–H and O–H groups in total. The molecule has 30 heavy (non-hydrogen) atoms. The lowest BCUT2D eigenvalue weighted by Gasteiger charge is -2.29. The van der Waals surface area contributed by atoms with Gasteiger partial charge in [0.25, 0.3) is 0 Å². The van der Waals surface area contributed by atoms with Crippen molar-refractivity contribution in [3.05, 3.63) is 0 Å². The standard InChI is InChI=1S/C26H54NO2.ClH/c1-5-6-7-8-9-10-11-12-13-14-15-16-17-18-19-20-21-22-23-27(3,4)24-25-29-26(2)28;/h5-25H2,1-4H3;1H/q+1;/p-1. The van der Waals surface area contributed by atoms with Gasteiger partial charge in [0.1, 0.15) is 13.2 Å². The summed E-state index contributed by atoms with van der Waals surface area (Å²) in [5.41, 5.74) is 0. The summed E-state index contributed by atoms with van der Waals surface area (Å²) < 4.78 is 6.01. The van der Waals surface area contributed by atoms with E-state index in [0.29, 0.717) is 6.61 Å². The summed E-state index contributed by atoms with van der Waals surface area (Å²) in [5, 5.41) is 0. The molecule has 0 saturated heterocycles. The van der Waals surface area contributed by atoms with Crippen LogP contribution >= 0.6 is 0 Å². The molecule has 0 aromatic rings. The van der Waals surface area contributed by atoms with E-state index in [9.17, 15) is 4.79 Å². The van der Waals surface area contributed by atoms with Gasteiger partial charge in [-0.2, -0.15) is 0 Å². The third kappa shape index (κ3) is 25.8. The van der Waals surface area contributed by atoms with Crippen LogP contribution in [0.5, 0.6) is 0 Å². The zero-order chi connectivity index (χ0) is 21.6. The molecule has 0 aromatic carbocycles. The van der Waals surface area contributed by atoms with Crippen LogP contribution in [-0.2, 0) is 9.53 Å². The number of ether oxygens (including phenoxy) is 1. The number of esters is 1. The minimum atomic E-state index is -0.168. The molecular formula is C26H54ClNO2. The normalized spacial score (nSPS) is 11.3. The Morgan fingerprint density at radius 3 is 1.27 bits per heavy atom. The summed E-state index contributed by atoms with van der Waals surface area (Å²) >= 11 is 0. The summed E-state index contributed by atoms with van der Waals surface area (Å²) in [6.07, 6.45) is 25.6. The van der Waals surface area contributed by atoms with E-state index in [-0.39, 0.29) is 18.4 Å². The van der Waals surface area contributed by atoms with Gasteiger partial charge in [0.15, 0.2) is 0 Å². The molecule has 0 unspecified atom stereocenters. The van der Waals surface area contributed by atoms with Crippen LogP contribution in [0, 0.1) is 0 Å². The largest absolute Gasteiger partial charge is 1.00 e. The quantitative estimate of drug-likeness (QED) is 0.137. The molecule has 0 radical (unpaired) electrons. The Hall–Kier alpha value is -0.280. The molecule has 4 heteroatoms. The lowest BCUT2D eigenvalue weighted by molar-refractivity contribution is -0.890. The van der Waals surface area contributed by atoms with Gasteiger partial charge in [0.05, 0.1) is 20.6 Å². The Bertz CT molecular complexity index is 361. The van der Waals surface area contributed by atoms with E-state index >= 15 is 0 Å². The van der Waals surface area contributed by atoms with E-state index in [0.717, 1.165) is 11.0 Å². The number of hydrogen-bond acceptors (Lipinski definition) is 2. The highest BCUT2D eigenvalue weighted by molar-refractivity contribution is 5.65. The number of rotatable bonds is 22. The van der Waals surface area contributed by atoms with Gasteiger partial charge in [-0.05, 0) is 12.8 Å². The van der Waals surface area contributed by atoms with Gasteiger partial charge in [0, 0.05) is 6.92 Å². The van der Waals surface area contributed by atoms with Crippen molar-refractivity contribution >= 4 is 5.97 Å². The average Bonchev–Trinajstić information content (AvgIpc) is 2.66. The third-order valence-electron chi connectivity index (χ3n) is 6.12. The number of carbonyl (C=O) groups excluding carboxylic acids is 1. The van der Waals surface area contributed by atoms with Gasteiger partial charge in [0.2, 0.25) is 0 Å².